The number of benzene rings is 1. The summed E-state index contributed by atoms with van der Waals surface area (Å²) in [6.07, 6.45) is 4.88. The molecule has 0 aliphatic carbocycles. The Balaban J connectivity index is 0.000000366. The Kier molecular flexibility index (Phi) is 9.33. The van der Waals surface area contributed by atoms with Gasteiger partial charge in [-0.2, -0.15) is 0 Å². The maximum atomic E-state index is 12.3. The van der Waals surface area contributed by atoms with Crippen LogP contribution in [0.3, 0.4) is 0 Å². The van der Waals surface area contributed by atoms with Crippen LogP contribution in [-0.2, 0) is 19.1 Å². The van der Waals surface area contributed by atoms with E-state index in [0.29, 0.717) is 35.0 Å². The summed E-state index contributed by atoms with van der Waals surface area (Å²) in [6, 6.07) is 8.14. The third kappa shape index (κ3) is 7.88. The van der Waals surface area contributed by atoms with Gasteiger partial charge in [0.1, 0.15) is 11.9 Å². The van der Waals surface area contributed by atoms with Crippen LogP contribution in [0.5, 0.6) is 5.75 Å². The third-order valence-corrected chi connectivity index (χ3v) is 5.57. The third-order valence-electron chi connectivity index (χ3n) is 5.32. The number of carbonyl (C=O) groups is 3. The molecule has 0 amide bonds. The number of nitrogens with zero attached hydrogens (tertiary/aromatic N) is 1. The lowest BCUT2D eigenvalue weighted by atomic mass is 10.00. The molecule has 0 saturated carbocycles. The van der Waals surface area contributed by atoms with Crippen LogP contribution >= 0.6 is 11.6 Å². The number of carboxylic acid groups (broad SMARTS) is 2. The molecule has 0 radical (unpaired) electrons. The van der Waals surface area contributed by atoms with Gasteiger partial charge in [-0.3, -0.25) is 4.90 Å². The minimum atomic E-state index is -1.26. The molecule has 2 bridgehead atoms. The molecular formula is C22H28ClNO7. The fourth-order valence-electron chi connectivity index (χ4n) is 4.00. The number of aliphatic carboxylic acids is 2. The first kappa shape index (κ1) is 24.7. The van der Waals surface area contributed by atoms with Crippen molar-refractivity contribution in [3.8, 4) is 5.75 Å². The molecular weight excluding hydrogens is 426 g/mol. The van der Waals surface area contributed by atoms with Gasteiger partial charge in [-0.15, -0.1) is 0 Å². The van der Waals surface area contributed by atoms with E-state index in [-0.39, 0.29) is 12.1 Å². The van der Waals surface area contributed by atoms with Crippen LogP contribution in [0.4, 0.5) is 0 Å². The molecule has 1 aromatic rings. The van der Waals surface area contributed by atoms with E-state index >= 15 is 0 Å². The lowest BCUT2D eigenvalue weighted by Crippen LogP contribution is -2.46. The summed E-state index contributed by atoms with van der Waals surface area (Å²) in [5, 5.41) is 16.3. The predicted octanol–water partition coefficient (Wildman–Crippen LogP) is 3.38. The van der Waals surface area contributed by atoms with Crippen LogP contribution in [0.1, 0.15) is 39.5 Å². The number of piperidine rings is 1. The van der Waals surface area contributed by atoms with Crippen molar-refractivity contribution in [2.45, 2.75) is 63.8 Å². The van der Waals surface area contributed by atoms with E-state index in [1.807, 2.05) is 0 Å². The molecule has 1 aromatic carbocycles. The van der Waals surface area contributed by atoms with E-state index in [2.05, 4.69) is 11.8 Å². The van der Waals surface area contributed by atoms with E-state index in [9.17, 15) is 14.4 Å². The first-order chi connectivity index (χ1) is 14.7. The number of halogens is 1. The summed E-state index contributed by atoms with van der Waals surface area (Å²) < 4.78 is 11.3. The Morgan fingerprint density at radius 3 is 2.06 bits per heavy atom. The van der Waals surface area contributed by atoms with Gasteiger partial charge in [0.05, 0.1) is 0 Å². The van der Waals surface area contributed by atoms with Crippen LogP contribution in [-0.4, -0.2) is 63.9 Å². The van der Waals surface area contributed by atoms with Crippen molar-refractivity contribution >= 4 is 29.5 Å². The molecule has 31 heavy (non-hydrogen) atoms. The molecule has 2 aliphatic heterocycles. The SMILES string of the molecule is CCN1C2CCC1CC(OC(=O)C(C)Oc1ccc(Cl)cc1)C2.O=C(O)/C=C\C(=O)O. The summed E-state index contributed by atoms with van der Waals surface area (Å²) >= 11 is 5.85. The fourth-order valence-corrected chi connectivity index (χ4v) is 4.13. The van der Waals surface area contributed by atoms with Crippen molar-refractivity contribution in [1.29, 1.82) is 0 Å². The highest BCUT2D eigenvalue weighted by Crippen LogP contribution is 2.36. The van der Waals surface area contributed by atoms with Crippen molar-refractivity contribution in [3.05, 3.63) is 41.4 Å². The van der Waals surface area contributed by atoms with Crippen molar-refractivity contribution < 1.29 is 34.1 Å². The fraction of sp³-hybridized carbons (Fsp3) is 0.500. The van der Waals surface area contributed by atoms with Crippen LogP contribution in [0.2, 0.25) is 5.02 Å². The van der Waals surface area contributed by atoms with E-state index < -0.39 is 18.0 Å². The van der Waals surface area contributed by atoms with Gasteiger partial charge >= 0.3 is 17.9 Å². The number of fused-ring (bicyclic) bond motifs is 2. The van der Waals surface area contributed by atoms with E-state index in [1.54, 1.807) is 31.2 Å². The largest absolute Gasteiger partial charge is 0.479 e. The first-order valence-electron chi connectivity index (χ1n) is 10.2. The maximum Gasteiger partial charge on any atom is 0.347 e. The summed E-state index contributed by atoms with van der Waals surface area (Å²) in [6.45, 7) is 5.03. The first-order valence-corrected chi connectivity index (χ1v) is 10.6. The summed E-state index contributed by atoms with van der Waals surface area (Å²) in [7, 11) is 0. The zero-order chi connectivity index (χ0) is 23.0. The van der Waals surface area contributed by atoms with Crippen LogP contribution in [0.25, 0.3) is 0 Å². The Morgan fingerprint density at radius 2 is 1.61 bits per heavy atom. The number of rotatable bonds is 7. The number of esters is 1. The summed E-state index contributed by atoms with van der Waals surface area (Å²) in [5.74, 6) is -2.17. The van der Waals surface area contributed by atoms with Gasteiger partial charge in [0.15, 0.2) is 6.10 Å². The molecule has 3 unspecified atom stereocenters. The van der Waals surface area contributed by atoms with Gasteiger partial charge in [0.2, 0.25) is 0 Å². The lowest BCUT2D eigenvalue weighted by Gasteiger charge is -2.38. The quantitative estimate of drug-likeness (QED) is 0.477. The minimum Gasteiger partial charge on any atom is -0.479 e. The monoisotopic (exact) mass is 453 g/mol. The molecule has 2 N–H and O–H groups in total. The van der Waals surface area contributed by atoms with Gasteiger partial charge < -0.3 is 19.7 Å². The molecule has 8 nitrogen and oxygen atoms in total. The number of carboxylic acids is 2. The molecule has 2 fully saturated rings. The molecule has 0 aromatic heterocycles. The normalized spacial score (nSPS) is 23.5. The van der Waals surface area contributed by atoms with E-state index in [4.69, 9.17) is 31.3 Å². The zero-order valence-corrected chi connectivity index (χ0v) is 18.3. The Morgan fingerprint density at radius 1 is 1.10 bits per heavy atom. The average Bonchev–Trinajstić information content (AvgIpc) is 2.97. The predicted molar refractivity (Wildman–Crippen MR) is 114 cm³/mol. The number of hydrogen-bond acceptors (Lipinski definition) is 6. The molecule has 2 aliphatic rings. The maximum absolute atomic E-state index is 12.3. The van der Waals surface area contributed by atoms with Crippen LogP contribution < -0.4 is 4.74 Å². The number of carbonyl (C=O) groups excluding carboxylic acids is 1. The molecule has 9 heteroatoms. The summed E-state index contributed by atoms with van der Waals surface area (Å²) in [4.78, 5) is 33.9. The molecule has 3 rings (SSSR count). The smallest absolute Gasteiger partial charge is 0.347 e. The molecule has 2 heterocycles. The number of ether oxygens (including phenoxy) is 2. The molecule has 3 atom stereocenters. The highest BCUT2D eigenvalue weighted by Gasteiger charge is 2.41. The van der Waals surface area contributed by atoms with Crippen molar-refractivity contribution in [1.82, 2.24) is 4.90 Å². The van der Waals surface area contributed by atoms with Crippen molar-refractivity contribution in [2.24, 2.45) is 0 Å². The standard InChI is InChI=1S/C18H24ClNO3.C4H4O4/c1-3-20-14-6-7-15(20)11-17(10-14)23-18(21)12(2)22-16-8-4-13(19)5-9-16;5-3(6)1-2-4(7)8/h4-5,8-9,12,14-15,17H,3,6-7,10-11H2,1-2H3;1-2H,(H,5,6)(H,7,8)/b;2-1-. The minimum absolute atomic E-state index is 0.0269. The highest BCUT2D eigenvalue weighted by atomic mass is 35.5. The van der Waals surface area contributed by atoms with Gasteiger partial charge in [-0.05, 0) is 50.6 Å². The Bertz CT molecular complexity index is 766. The van der Waals surface area contributed by atoms with Gasteiger partial charge in [-0.1, -0.05) is 18.5 Å². The number of hydrogen-bond donors (Lipinski definition) is 2. The van der Waals surface area contributed by atoms with Crippen molar-refractivity contribution in [2.75, 3.05) is 6.54 Å². The average molecular weight is 454 g/mol. The second-order valence-electron chi connectivity index (χ2n) is 7.47. The van der Waals surface area contributed by atoms with E-state index in [1.165, 1.54) is 12.8 Å². The van der Waals surface area contributed by atoms with Gasteiger partial charge in [0.25, 0.3) is 0 Å². The molecule has 0 spiro atoms. The van der Waals surface area contributed by atoms with Crippen LogP contribution in [0.15, 0.2) is 36.4 Å². The Hall–Kier alpha value is -2.58. The van der Waals surface area contributed by atoms with Crippen molar-refractivity contribution in [3.63, 3.8) is 0 Å². The van der Waals surface area contributed by atoms with Gasteiger partial charge in [0, 0.05) is 42.1 Å². The lowest BCUT2D eigenvalue weighted by molar-refractivity contribution is -0.160. The zero-order valence-electron chi connectivity index (χ0n) is 17.6. The summed E-state index contributed by atoms with van der Waals surface area (Å²) in [5.41, 5.74) is 0. The van der Waals surface area contributed by atoms with E-state index in [0.717, 1.165) is 19.4 Å². The van der Waals surface area contributed by atoms with Gasteiger partial charge in [-0.25, -0.2) is 14.4 Å². The Labute approximate surface area is 186 Å². The molecule has 170 valence electrons. The van der Waals surface area contributed by atoms with Crippen LogP contribution in [0, 0.1) is 0 Å². The second-order valence-corrected chi connectivity index (χ2v) is 7.91. The molecule has 2 saturated heterocycles. The highest BCUT2D eigenvalue weighted by molar-refractivity contribution is 6.30. The topological polar surface area (TPSA) is 113 Å². The second kappa shape index (κ2) is 11.7.